The average molecular weight is 610 g/mol. The van der Waals surface area contributed by atoms with E-state index in [1.54, 1.807) is 0 Å². The molecule has 2 amide bonds. The Hall–Kier alpha value is -3.30. The highest BCUT2D eigenvalue weighted by atomic mass is 35.5. The zero-order chi connectivity index (χ0) is 29.8. The number of nitrogens with zero attached hydrogens (tertiary/aromatic N) is 2. The van der Waals surface area contributed by atoms with Crippen LogP contribution in [0.2, 0.25) is 5.02 Å². The minimum absolute atomic E-state index is 0.228. The maximum absolute atomic E-state index is 14.0. The van der Waals surface area contributed by atoms with Gasteiger partial charge in [-0.1, -0.05) is 41.4 Å². The molecule has 13 heteroatoms. The summed E-state index contributed by atoms with van der Waals surface area (Å²) in [5.74, 6) is -1.22. The number of benzene rings is 2. The number of alkyl halides is 3. The second-order valence-electron chi connectivity index (χ2n) is 11.0. The summed E-state index contributed by atoms with van der Waals surface area (Å²) in [6.07, 6.45) is -2.80. The molecule has 218 valence electrons. The third-order valence-electron chi connectivity index (χ3n) is 7.97. The molecule has 3 fully saturated rings. The summed E-state index contributed by atoms with van der Waals surface area (Å²) in [5, 5.41) is 10.6. The summed E-state index contributed by atoms with van der Waals surface area (Å²) >= 11 is 6.19. The number of hydrogen-bond acceptors (Lipinski definition) is 6. The Morgan fingerprint density at radius 1 is 1.15 bits per heavy atom. The standard InChI is InChI=1S/C28H27ClF3N3O5S/c1-17-2-4-18(5-3-17)27(10-11-27)25(37)35-14-20(13-22(35)24(36)34-26(15-33)8-9-26)41(38,39)23-7-6-19(12-21(23)29)40-16-28(30,31)32/h2-7,12,20,22H,8-11,13-14,16H2,1H3,(H,34,36). The molecule has 1 aliphatic heterocycles. The molecule has 41 heavy (non-hydrogen) atoms. The lowest BCUT2D eigenvalue weighted by molar-refractivity contribution is -0.153. The van der Waals surface area contributed by atoms with Crippen molar-refractivity contribution in [3.63, 3.8) is 0 Å². The minimum atomic E-state index is -4.59. The molecule has 0 aromatic heterocycles. The van der Waals surface area contributed by atoms with Crippen LogP contribution in [0, 0.1) is 18.3 Å². The molecule has 0 spiro atoms. The van der Waals surface area contributed by atoms with Crippen molar-refractivity contribution in [1.29, 1.82) is 5.26 Å². The average Bonchev–Trinajstić information content (AvgIpc) is 3.83. The predicted molar refractivity (Wildman–Crippen MR) is 142 cm³/mol. The number of ether oxygens (including phenoxy) is 1. The van der Waals surface area contributed by atoms with E-state index in [0.717, 1.165) is 29.3 Å². The van der Waals surface area contributed by atoms with Crippen LogP contribution in [0.3, 0.4) is 0 Å². The van der Waals surface area contributed by atoms with Crippen LogP contribution in [0.15, 0.2) is 47.4 Å². The molecule has 5 rings (SSSR count). The molecule has 2 saturated carbocycles. The fourth-order valence-electron chi connectivity index (χ4n) is 5.25. The summed E-state index contributed by atoms with van der Waals surface area (Å²) in [5.41, 5.74) is -0.0924. The maximum Gasteiger partial charge on any atom is 0.422 e. The summed E-state index contributed by atoms with van der Waals surface area (Å²) < 4.78 is 69.7. The molecule has 1 N–H and O–H groups in total. The number of carbonyl (C=O) groups is 2. The monoisotopic (exact) mass is 609 g/mol. The second kappa shape index (κ2) is 10.2. The lowest BCUT2D eigenvalue weighted by Gasteiger charge is -2.29. The van der Waals surface area contributed by atoms with Gasteiger partial charge in [0.2, 0.25) is 11.8 Å². The largest absolute Gasteiger partial charge is 0.484 e. The molecule has 0 bridgehead atoms. The molecular weight excluding hydrogens is 583 g/mol. The first kappa shape index (κ1) is 29.2. The van der Waals surface area contributed by atoms with Gasteiger partial charge in [0.25, 0.3) is 0 Å². The van der Waals surface area contributed by atoms with Crippen LogP contribution >= 0.6 is 11.6 Å². The van der Waals surface area contributed by atoms with Gasteiger partial charge in [0.1, 0.15) is 17.3 Å². The van der Waals surface area contributed by atoms with Gasteiger partial charge in [-0.3, -0.25) is 9.59 Å². The van der Waals surface area contributed by atoms with Crippen molar-refractivity contribution in [3.05, 3.63) is 58.6 Å². The van der Waals surface area contributed by atoms with E-state index in [1.165, 1.54) is 4.90 Å². The number of nitriles is 1. The van der Waals surface area contributed by atoms with Crippen molar-refractivity contribution in [2.24, 2.45) is 0 Å². The first-order valence-corrected chi connectivity index (χ1v) is 15.0. The number of rotatable bonds is 8. The Bertz CT molecular complexity index is 1530. The van der Waals surface area contributed by atoms with Gasteiger partial charge in [-0.2, -0.15) is 18.4 Å². The smallest absolute Gasteiger partial charge is 0.422 e. The predicted octanol–water partition coefficient (Wildman–Crippen LogP) is 4.24. The fourth-order valence-corrected chi connectivity index (χ4v) is 7.48. The van der Waals surface area contributed by atoms with Gasteiger partial charge >= 0.3 is 6.18 Å². The SMILES string of the molecule is Cc1ccc(C2(C(=O)N3CC(S(=O)(=O)c4ccc(OCC(F)(F)F)cc4Cl)CC3C(=O)NC3(C#N)CC3)CC2)cc1. The minimum Gasteiger partial charge on any atom is -0.484 e. The fraction of sp³-hybridized carbons (Fsp3) is 0.464. The molecule has 2 atom stereocenters. The molecule has 2 aromatic rings. The molecule has 8 nitrogen and oxygen atoms in total. The Balaban J connectivity index is 1.43. The quantitative estimate of drug-likeness (QED) is 0.479. The van der Waals surface area contributed by atoms with E-state index in [0.29, 0.717) is 25.7 Å². The number of likely N-dealkylation sites (tertiary alicyclic amines) is 1. The van der Waals surface area contributed by atoms with E-state index in [1.807, 2.05) is 31.2 Å². The van der Waals surface area contributed by atoms with Gasteiger partial charge in [-0.25, -0.2) is 8.42 Å². The van der Waals surface area contributed by atoms with Gasteiger partial charge in [0, 0.05) is 12.6 Å². The van der Waals surface area contributed by atoms with E-state index >= 15 is 0 Å². The number of amides is 2. The van der Waals surface area contributed by atoms with Crippen LogP contribution in [0.5, 0.6) is 5.75 Å². The number of sulfone groups is 1. The molecular formula is C28H27ClF3N3O5S. The first-order valence-electron chi connectivity index (χ1n) is 13.0. The number of carbonyl (C=O) groups excluding carboxylic acids is 2. The summed E-state index contributed by atoms with van der Waals surface area (Å²) in [7, 11) is -4.24. The van der Waals surface area contributed by atoms with Crippen LogP contribution in [0.25, 0.3) is 0 Å². The van der Waals surface area contributed by atoms with E-state index in [-0.39, 0.29) is 34.5 Å². The van der Waals surface area contributed by atoms with Gasteiger partial charge in [-0.15, -0.1) is 0 Å². The van der Waals surface area contributed by atoms with E-state index in [9.17, 15) is 36.4 Å². The third kappa shape index (κ3) is 5.75. The van der Waals surface area contributed by atoms with Crippen molar-refractivity contribution in [1.82, 2.24) is 10.2 Å². The van der Waals surface area contributed by atoms with Crippen LogP contribution in [-0.2, 0) is 24.8 Å². The lowest BCUT2D eigenvalue weighted by atomic mass is 9.93. The summed E-state index contributed by atoms with van der Waals surface area (Å²) in [6, 6.07) is 11.6. The van der Waals surface area contributed by atoms with Crippen LogP contribution < -0.4 is 10.1 Å². The van der Waals surface area contributed by atoms with Crippen LogP contribution in [-0.4, -0.2) is 61.3 Å². The zero-order valence-corrected chi connectivity index (χ0v) is 23.6. The van der Waals surface area contributed by atoms with Gasteiger partial charge in [0.15, 0.2) is 16.4 Å². The van der Waals surface area contributed by atoms with E-state index < -0.39 is 50.8 Å². The Kier molecular flexibility index (Phi) is 7.27. The normalized spacial score (nSPS) is 22.5. The molecule has 1 saturated heterocycles. The van der Waals surface area contributed by atoms with Crippen molar-refractivity contribution in [3.8, 4) is 11.8 Å². The number of hydrogen-bond donors (Lipinski definition) is 1. The number of aryl methyl sites for hydroxylation is 1. The number of nitrogens with one attached hydrogen (secondary N) is 1. The number of halogens is 4. The molecule has 3 aliphatic rings. The molecule has 2 aromatic carbocycles. The van der Waals surface area contributed by atoms with Crippen molar-refractivity contribution in [2.75, 3.05) is 13.2 Å². The zero-order valence-electron chi connectivity index (χ0n) is 22.0. The molecule has 0 radical (unpaired) electrons. The maximum atomic E-state index is 14.0. The van der Waals surface area contributed by atoms with E-state index in [2.05, 4.69) is 16.1 Å². The molecule has 2 aliphatic carbocycles. The second-order valence-corrected chi connectivity index (χ2v) is 13.6. The molecule has 1 heterocycles. The lowest BCUT2D eigenvalue weighted by Crippen LogP contribution is -2.51. The Labute approximate surface area is 240 Å². The Morgan fingerprint density at radius 3 is 2.34 bits per heavy atom. The van der Waals surface area contributed by atoms with Gasteiger partial charge in [-0.05, 0) is 56.7 Å². The van der Waals surface area contributed by atoms with E-state index in [4.69, 9.17) is 11.6 Å². The van der Waals surface area contributed by atoms with Crippen LogP contribution in [0.4, 0.5) is 13.2 Å². The summed E-state index contributed by atoms with van der Waals surface area (Å²) in [4.78, 5) is 28.4. The van der Waals surface area contributed by atoms with Crippen LogP contribution in [0.1, 0.15) is 43.2 Å². The Morgan fingerprint density at radius 2 is 1.80 bits per heavy atom. The highest BCUT2D eigenvalue weighted by Crippen LogP contribution is 2.51. The van der Waals surface area contributed by atoms with Crippen molar-refractivity contribution < 1.29 is 35.9 Å². The van der Waals surface area contributed by atoms with Gasteiger partial charge < -0.3 is 15.0 Å². The summed E-state index contributed by atoms with van der Waals surface area (Å²) in [6.45, 7) is 0.0679. The third-order valence-corrected chi connectivity index (χ3v) is 10.6. The van der Waals surface area contributed by atoms with Crippen molar-refractivity contribution >= 4 is 33.3 Å². The highest BCUT2D eigenvalue weighted by molar-refractivity contribution is 7.92. The first-order chi connectivity index (χ1) is 19.2. The highest BCUT2D eigenvalue weighted by Gasteiger charge is 2.58. The van der Waals surface area contributed by atoms with Gasteiger partial charge in [0.05, 0.1) is 26.7 Å². The topological polar surface area (TPSA) is 117 Å². The molecule has 2 unspecified atom stereocenters. The van der Waals surface area contributed by atoms with Crippen molar-refractivity contribution in [2.45, 2.75) is 72.3 Å².